The Bertz CT molecular complexity index is 415. The zero-order valence-corrected chi connectivity index (χ0v) is 9.61. The zero-order chi connectivity index (χ0) is 13.3. The summed E-state index contributed by atoms with van der Waals surface area (Å²) in [5, 5.41) is 17.5. The molecule has 2 N–H and O–H groups in total. The lowest BCUT2D eigenvalue weighted by molar-refractivity contribution is -0.0615. The number of hydrogen-bond acceptors (Lipinski definition) is 4. The minimum Gasteiger partial charge on any atom is -0.450 e. The summed E-state index contributed by atoms with van der Waals surface area (Å²) in [7, 11) is 0. The maximum Gasteiger partial charge on any atom is 0.506 e. The van der Waals surface area contributed by atoms with Gasteiger partial charge in [-0.05, 0) is 12.8 Å². The predicted molar refractivity (Wildman–Crippen MR) is 60.3 cm³/mol. The van der Waals surface area contributed by atoms with Crippen LogP contribution in [0.5, 0.6) is 0 Å². The fourth-order valence-corrected chi connectivity index (χ4v) is 2.97. The fourth-order valence-electron chi connectivity index (χ4n) is 2.97. The maximum atomic E-state index is 10.7. The van der Waals surface area contributed by atoms with Gasteiger partial charge in [-0.2, -0.15) is 0 Å². The normalized spacial score (nSPS) is 36.3. The minimum absolute atomic E-state index is 0.134. The van der Waals surface area contributed by atoms with Gasteiger partial charge in [0.05, 0.1) is 0 Å². The molecule has 2 bridgehead atoms. The molecule has 4 unspecified atom stereocenters. The SMILES string of the molecule is C=CCC12C=CC(C1)C(OC(=O)O)C2OC(=O)O. The Morgan fingerprint density at radius 1 is 1.39 bits per heavy atom. The van der Waals surface area contributed by atoms with Gasteiger partial charge in [-0.3, -0.25) is 0 Å². The van der Waals surface area contributed by atoms with Crippen LogP contribution < -0.4 is 0 Å². The van der Waals surface area contributed by atoms with Crippen molar-refractivity contribution < 1.29 is 29.3 Å². The number of allylic oxidation sites excluding steroid dienone is 1. The topological polar surface area (TPSA) is 93.1 Å². The molecule has 0 saturated heterocycles. The first-order valence-electron chi connectivity index (χ1n) is 5.58. The highest BCUT2D eigenvalue weighted by atomic mass is 16.7. The molecule has 18 heavy (non-hydrogen) atoms. The van der Waals surface area contributed by atoms with E-state index in [-0.39, 0.29) is 5.92 Å². The van der Waals surface area contributed by atoms with E-state index in [1.807, 2.05) is 12.2 Å². The van der Waals surface area contributed by atoms with Crippen LogP contribution >= 0.6 is 0 Å². The van der Waals surface area contributed by atoms with Crippen LogP contribution in [0, 0.1) is 11.3 Å². The van der Waals surface area contributed by atoms with Gasteiger partial charge in [0.25, 0.3) is 0 Å². The van der Waals surface area contributed by atoms with Gasteiger partial charge in [0.15, 0.2) is 6.10 Å². The van der Waals surface area contributed by atoms with Gasteiger partial charge in [-0.25, -0.2) is 9.59 Å². The van der Waals surface area contributed by atoms with Crippen LogP contribution in [-0.2, 0) is 9.47 Å². The van der Waals surface area contributed by atoms with Gasteiger partial charge in [0, 0.05) is 11.3 Å². The van der Waals surface area contributed by atoms with Crippen LogP contribution in [0.1, 0.15) is 12.8 Å². The molecule has 0 amide bonds. The van der Waals surface area contributed by atoms with Crippen molar-refractivity contribution in [2.75, 3.05) is 0 Å². The highest BCUT2D eigenvalue weighted by molar-refractivity contribution is 5.59. The van der Waals surface area contributed by atoms with E-state index in [0.717, 1.165) is 0 Å². The lowest BCUT2D eigenvalue weighted by Gasteiger charge is -2.33. The molecule has 2 aliphatic carbocycles. The molecule has 0 spiro atoms. The lowest BCUT2D eigenvalue weighted by atomic mass is 9.81. The molecular weight excluding hydrogens is 240 g/mol. The molecule has 0 aliphatic heterocycles. The van der Waals surface area contributed by atoms with E-state index in [4.69, 9.17) is 19.7 Å². The Kier molecular flexibility index (Phi) is 3.02. The minimum atomic E-state index is -1.43. The van der Waals surface area contributed by atoms with Crippen molar-refractivity contribution in [3.8, 4) is 0 Å². The summed E-state index contributed by atoms with van der Waals surface area (Å²) in [5.74, 6) is -0.134. The number of fused-ring (bicyclic) bond motifs is 2. The van der Waals surface area contributed by atoms with Gasteiger partial charge in [-0.1, -0.05) is 18.2 Å². The average Bonchev–Trinajstić information content (AvgIpc) is 2.77. The summed E-state index contributed by atoms with van der Waals surface area (Å²) in [6.45, 7) is 3.64. The van der Waals surface area contributed by atoms with E-state index >= 15 is 0 Å². The highest BCUT2D eigenvalue weighted by Crippen LogP contribution is 2.54. The number of hydrogen-bond donors (Lipinski definition) is 2. The second kappa shape index (κ2) is 4.36. The zero-order valence-electron chi connectivity index (χ0n) is 9.61. The van der Waals surface area contributed by atoms with Crippen molar-refractivity contribution >= 4 is 12.3 Å². The molecule has 2 aliphatic rings. The summed E-state index contributed by atoms with van der Waals surface area (Å²) in [6.07, 6.45) is 2.13. The third-order valence-electron chi connectivity index (χ3n) is 3.57. The van der Waals surface area contributed by atoms with Crippen LogP contribution in [0.2, 0.25) is 0 Å². The molecule has 1 fully saturated rings. The Morgan fingerprint density at radius 3 is 2.61 bits per heavy atom. The fraction of sp³-hybridized carbons (Fsp3) is 0.500. The monoisotopic (exact) mass is 254 g/mol. The van der Waals surface area contributed by atoms with Crippen molar-refractivity contribution in [3.05, 3.63) is 24.8 Å². The molecule has 0 aromatic heterocycles. The molecule has 6 nitrogen and oxygen atoms in total. The summed E-state index contributed by atoms with van der Waals surface area (Å²) in [4.78, 5) is 21.4. The Labute approximate surface area is 104 Å². The first kappa shape index (κ1) is 12.5. The molecule has 6 heteroatoms. The van der Waals surface area contributed by atoms with Crippen molar-refractivity contribution in [2.45, 2.75) is 25.0 Å². The van der Waals surface area contributed by atoms with Gasteiger partial charge in [-0.15, -0.1) is 6.58 Å². The van der Waals surface area contributed by atoms with E-state index in [9.17, 15) is 9.59 Å². The quantitative estimate of drug-likeness (QED) is 0.590. The van der Waals surface area contributed by atoms with Crippen LogP contribution in [0.15, 0.2) is 24.8 Å². The van der Waals surface area contributed by atoms with Crippen LogP contribution in [0.3, 0.4) is 0 Å². The number of rotatable bonds is 4. The standard InChI is InChI=1S/C12H14O6/c1-2-4-12-5-3-7(6-12)8(17-10(13)14)9(12)18-11(15)16/h2-3,5,7-9H,1,4,6H2,(H,13,14)(H,15,16). The van der Waals surface area contributed by atoms with Crippen LogP contribution in [-0.4, -0.2) is 34.7 Å². The first-order chi connectivity index (χ1) is 8.48. The Balaban J connectivity index is 2.26. The van der Waals surface area contributed by atoms with E-state index in [0.29, 0.717) is 12.8 Å². The molecule has 0 aromatic carbocycles. The largest absolute Gasteiger partial charge is 0.506 e. The van der Waals surface area contributed by atoms with Crippen LogP contribution in [0.4, 0.5) is 9.59 Å². The predicted octanol–water partition coefficient (Wildman–Crippen LogP) is 2.27. The molecule has 4 atom stereocenters. The number of ether oxygens (including phenoxy) is 2. The number of carbonyl (C=O) groups is 2. The van der Waals surface area contributed by atoms with E-state index in [1.54, 1.807) is 6.08 Å². The summed E-state index contributed by atoms with van der Waals surface area (Å²) in [6, 6.07) is 0. The van der Waals surface area contributed by atoms with E-state index in [2.05, 4.69) is 6.58 Å². The second-order valence-corrected chi connectivity index (χ2v) is 4.61. The molecule has 1 saturated carbocycles. The third-order valence-corrected chi connectivity index (χ3v) is 3.57. The molecule has 0 radical (unpaired) electrons. The maximum absolute atomic E-state index is 10.7. The molecule has 2 rings (SSSR count). The highest BCUT2D eigenvalue weighted by Gasteiger charge is 2.58. The second-order valence-electron chi connectivity index (χ2n) is 4.61. The van der Waals surface area contributed by atoms with Crippen molar-refractivity contribution in [1.82, 2.24) is 0 Å². The summed E-state index contributed by atoms with van der Waals surface area (Å²) < 4.78 is 9.62. The molecule has 98 valence electrons. The Hall–Kier alpha value is -1.98. The van der Waals surface area contributed by atoms with Crippen molar-refractivity contribution in [1.29, 1.82) is 0 Å². The van der Waals surface area contributed by atoms with E-state index in [1.165, 1.54) is 0 Å². The van der Waals surface area contributed by atoms with Crippen molar-refractivity contribution in [2.24, 2.45) is 11.3 Å². The molecular formula is C12H14O6. The van der Waals surface area contributed by atoms with Crippen LogP contribution in [0.25, 0.3) is 0 Å². The summed E-state index contributed by atoms with van der Waals surface area (Å²) >= 11 is 0. The summed E-state index contributed by atoms with van der Waals surface area (Å²) in [5.41, 5.74) is -0.523. The smallest absolute Gasteiger partial charge is 0.450 e. The van der Waals surface area contributed by atoms with Crippen molar-refractivity contribution in [3.63, 3.8) is 0 Å². The average molecular weight is 254 g/mol. The Morgan fingerprint density at radius 2 is 2.06 bits per heavy atom. The van der Waals surface area contributed by atoms with Gasteiger partial charge >= 0.3 is 12.3 Å². The first-order valence-corrected chi connectivity index (χ1v) is 5.58. The van der Waals surface area contributed by atoms with Gasteiger partial charge in [0.1, 0.15) is 6.10 Å². The third kappa shape index (κ3) is 1.94. The molecule has 0 aromatic rings. The number of carboxylic acid groups (broad SMARTS) is 2. The van der Waals surface area contributed by atoms with E-state index < -0.39 is 29.9 Å². The lowest BCUT2D eigenvalue weighted by Crippen LogP contribution is -2.42. The molecule has 0 heterocycles. The van der Waals surface area contributed by atoms with Gasteiger partial charge in [0.2, 0.25) is 0 Å². The van der Waals surface area contributed by atoms with Gasteiger partial charge < -0.3 is 19.7 Å².